The van der Waals surface area contributed by atoms with Crippen molar-refractivity contribution in [3.63, 3.8) is 0 Å². The number of para-hydroxylation sites is 1. The molecule has 0 saturated heterocycles. The van der Waals surface area contributed by atoms with Crippen LogP contribution in [0.25, 0.3) is 0 Å². The molecule has 0 fully saturated rings. The lowest BCUT2D eigenvalue weighted by atomic mass is 9.96. The van der Waals surface area contributed by atoms with Crippen LogP contribution < -0.4 is 4.90 Å². The molecule has 4 amide bonds. The number of ketones is 1. The topological polar surface area (TPSA) is 91.8 Å². The van der Waals surface area contributed by atoms with Gasteiger partial charge in [-0.2, -0.15) is 0 Å². The van der Waals surface area contributed by atoms with Crippen molar-refractivity contribution in [2.75, 3.05) is 11.9 Å². The molecular formula is C24H14N2O5. The first-order chi connectivity index (χ1) is 14.9. The first kappa shape index (κ1) is 18.6. The Kier molecular flexibility index (Phi) is 3.94. The molecular weight excluding hydrogens is 396 g/mol. The molecule has 0 bridgehead atoms. The number of rotatable bonds is 3. The quantitative estimate of drug-likeness (QED) is 0.489. The van der Waals surface area contributed by atoms with Gasteiger partial charge in [0.25, 0.3) is 23.6 Å². The first-order valence-electron chi connectivity index (χ1n) is 9.47. The van der Waals surface area contributed by atoms with Gasteiger partial charge in [0, 0.05) is 18.2 Å². The summed E-state index contributed by atoms with van der Waals surface area (Å²) in [7, 11) is 1.38. The number of carbonyl (C=O) groups excluding carboxylic acids is 5. The van der Waals surface area contributed by atoms with Gasteiger partial charge in [-0.05, 0) is 36.4 Å². The second kappa shape index (κ2) is 6.56. The van der Waals surface area contributed by atoms with Gasteiger partial charge in [-0.25, -0.2) is 4.90 Å². The van der Waals surface area contributed by atoms with Gasteiger partial charge >= 0.3 is 0 Å². The minimum atomic E-state index is -0.503. The average molecular weight is 410 g/mol. The molecule has 0 radical (unpaired) electrons. The third kappa shape index (κ3) is 2.63. The van der Waals surface area contributed by atoms with Crippen LogP contribution in [0.1, 0.15) is 57.4 Å². The van der Waals surface area contributed by atoms with Crippen molar-refractivity contribution in [2.45, 2.75) is 0 Å². The Morgan fingerprint density at radius 3 is 1.71 bits per heavy atom. The molecule has 5 rings (SSSR count). The molecule has 0 unspecified atom stereocenters. The van der Waals surface area contributed by atoms with Crippen molar-refractivity contribution in [1.29, 1.82) is 0 Å². The van der Waals surface area contributed by atoms with Crippen molar-refractivity contribution >= 4 is 35.1 Å². The van der Waals surface area contributed by atoms with Crippen molar-refractivity contribution < 1.29 is 24.0 Å². The van der Waals surface area contributed by atoms with E-state index in [9.17, 15) is 24.0 Å². The molecule has 3 aromatic carbocycles. The summed E-state index contributed by atoms with van der Waals surface area (Å²) in [5.41, 5.74) is 1.66. The number of fused-ring (bicyclic) bond motifs is 2. The predicted molar refractivity (Wildman–Crippen MR) is 110 cm³/mol. The summed E-state index contributed by atoms with van der Waals surface area (Å²) >= 11 is 0. The van der Waals surface area contributed by atoms with Crippen LogP contribution in [0.15, 0.2) is 66.7 Å². The Morgan fingerprint density at radius 2 is 1.10 bits per heavy atom. The number of imide groups is 2. The molecule has 0 N–H and O–H groups in total. The van der Waals surface area contributed by atoms with Gasteiger partial charge in [-0.1, -0.05) is 30.3 Å². The van der Waals surface area contributed by atoms with E-state index in [0.717, 1.165) is 9.80 Å². The number of hydrogen-bond donors (Lipinski definition) is 0. The molecule has 7 heteroatoms. The summed E-state index contributed by atoms with van der Waals surface area (Å²) in [6.07, 6.45) is 0. The van der Waals surface area contributed by atoms with Gasteiger partial charge in [-0.3, -0.25) is 28.9 Å². The maximum atomic E-state index is 13.0. The number of amides is 4. The van der Waals surface area contributed by atoms with E-state index in [1.165, 1.54) is 43.4 Å². The highest BCUT2D eigenvalue weighted by molar-refractivity contribution is 6.35. The molecule has 7 nitrogen and oxygen atoms in total. The van der Waals surface area contributed by atoms with Crippen molar-refractivity contribution in [2.24, 2.45) is 0 Å². The highest BCUT2D eigenvalue weighted by Crippen LogP contribution is 2.30. The van der Waals surface area contributed by atoms with Gasteiger partial charge < -0.3 is 0 Å². The number of hydrogen-bond acceptors (Lipinski definition) is 5. The van der Waals surface area contributed by atoms with E-state index in [1.807, 2.05) is 0 Å². The first-order valence-corrected chi connectivity index (χ1v) is 9.47. The highest BCUT2D eigenvalue weighted by Gasteiger charge is 2.37. The molecule has 0 atom stereocenters. The molecule has 0 saturated carbocycles. The summed E-state index contributed by atoms with van der Waals surface area (Å²) in [6.45, 7) is 0. The van der Waals surface area contributed by atoms with Gasteiger partial charge in [-0.15, -0.1) is 0 Å². The molecule has 2 heterocycles. The van der Waals surface area contributed by atoms with Crippen LogP contribution in [-0.4, -0.2) is 41.4 Å². The van der Waals surface area contributed by atoms with Gasteiger partial charge in [0.05, 0.1) is 27.9 Å². The number of carbonyl (C=O) groups is 5. The zero-order valence-corrected chi connectivity index (χ0v) is 16.3. The minimum Gasteiger partial charge on any atom is -0.289 e. The Bertz CT molecular complexity index is 1340. The standard InChI is InChI=1S/C24H14N2O5/c1-25-21(28)16-9-7-13(11-18(16)22(25)29)20(27)14-8-10-17-19(12-14)24(31)26(23(17)30)15-5-3-2-4-6-15/h2-12H,1H3. The van der Waals surface area contributed by atoms with Crippen LogP contribution in [0.2, 0.25) is 0 Å². The van der Waals surface area contributed by atoms with Crippen LogP contribution in [0.3, 0.4) is 0 Å². The van der Waals surface area contributed by atoms with Crippen LogP contribution in [0.5, 0.6) is 0 Å². The molecule has 2 aliphatic heterocycles. The van der Waals surface area contributed by atoms with E-state index in [4.69, 9.17) is 0 Å². The Balaban J connectivity index is 1.51. The Morgan fingerprint density at radius 1 is 0.613 bits per heavy atom. The van der Waals surface area contributed by atoms with E-state index in [1.54, 1.807) is 30.3 Å². The zero-order valence-electron chi connectivity index (χ0n) is 16.3. The number of benzene rings is 3. The number of anilines is 1. The van der Waals surface area contributed by atoms with Crippen LogP contribution in [-0.2, 0) is 0 Å². The Hall–Kier alpha value is -4.39. The van der Waals surface area contributed by atoms with Crippen LogP contribution >= 0.6 is 0 Å². The van der Waals surface area contributed by atoms with E-state index in [-0.39, 0.29) is 33.4 Å². The lowest BCUT2D eigenvalue weighted by Crippen LogP contribution is -2.29. The smallest absolute Gasteiger partial charge is 0.266 e. The van der Waals surface area contributed by atoms with Gasteiger partial charge in [0.2, 0.25) is 0 Å². The summed E-state index contributed by atoms with van der Waals surface area (Å²) in [5.74, 6) is -2.25. The van der Waals surface area contributed by atoms with Crippen molar-refractivity contribution in [3.8, 4) is 0 Å². The molecule has 2 aliphatic rings. The largest absolute Gasteiger partial charge is 0.289 e. The Labute approximate surface area is 176 Å². The minimum absolute atomic E-state index is 0.145. The maximum absolute atomic E-state index is 13.0. The third-order valence-electron chi connectivity index (χ3n) is 5.51. The normalized spacial score (nSPS) is 14.9. The highest BCUT2D eigenvalue weighted by atomic mass is 16.2. The SMILES string of the molecule is CN1C(=O)c2ccc(C(=O)c3ccc4c(c3)C(=O)N(c3ccccc3)C4=O)cc2C1=O. The molecule has 150 valence electrons. The molecule has 0 spiro atoms. The monoisotopic (exact) mass is 410 g/mol. The third-order valence-corrected chi connectivity index (χ3v) is 5.51. The fraction of sp³-hybridized carbons (Fsp3) is 0.0417. The summed E-state index contributed by atoms with van der Waals surface area (Å²) in [6, 6.07) is 17.2. The zero-order chi connectivity index (χ0) is 21.9. The second-order valence-corrected chi connectivity index (χ2v) is 7.30. The molecule has 0 aliphatic carbocycles. The van der Waals surface area contributed by atoms with E-state index in [2.05, 4.69) is 0 Å². The van der Waals surface area contributed by atoms with Crippen molar-refractivity contribution in [3.05, 3.63) is 100 Å². The summed E-state index contributed by atoms with van der Waals surface area (Å²) < 4.78 is 0. The lowest BCUT2D eigenvalue weighted by molar-refractivity contribution is 0.0692. The fourth-order valence-electron chi connectivity index (χ4n) is 3.86. The maximum Gasteiger partial charge on any atom is 0.266 e. The summed E-state index contributed by atoms with van der Waals surface area (Å²) in [5, 5.41) is 0. The molecule has 3 aromatic rings. The summed E-state index contributed by atoms with van der Waals surface area (Å²) in [4.78, 5) is 65.0. The van der Waals surface area contributed by atoms with Crippen molar-refractivity contribution in [1.82, 2.24) is 4.90 Å². The van der Waals surface area contributed by atoms with E-state index >= 15 is 0 Å². The fourth-order valence-corrected chi connectivity index (χ4v) is 3.86. The predicted octanol–water partition coefficient (Wildman–Crippen LogP) is 2.94. The second-order valence-electron chi connectivity index (χ2n) is 7.30. The van der Waals surface area contributed by atoms with Crippen LogP contribution in [0.4, 0.5) is 5.69 Å². The van der Waals surface area contributed by atoms with Crippen LogP contribution in [0, 0.1) is 0 Å². The number of nitrogens with zero attached hydrogens (tertiary/aromatic N) is 2. The average Bonchev–Trinajstić information content (AvgIpc) is 3.18. The molecule has 31 heavy (non-hydrogen) atoms. The molecule has 0 aromatic heterocycles. The van der Waals surface area contributed by atoms with E-state index < -0.39 is 29.4 Å². The lowest BCUT2D eigenvalue weighted by Gasteiger charge is -2.13. The van der Waals surface area contributed by atoms with Gasteiger partial charge in [0.15, 0.2) is 5.78 Å². The van der Waals surface area contributed by atoms with Gasteiger partial charge in [0.1, 0.15) is 0 Å². The van der Waals surface area contributed by atoms with E-state index in [0.29, 0.717) is 5.69 Å².